The molecule has 0 unspecified atom stereocenters. The molecule has 0 aliphatic heterocycles. The summed E-state index contributed by atoms with van der Waals surface area (Å²) in [6.45, 7) is 3.48. The zero-order valence-electron chi connectivity index (χ0n) is 6.53. The molecule has 64 valence electrons. The number of hydrogen-bond donors (Lipinski definition) is 1. The topological polar surface area (TPSA) is 56.7 Å². The predicted molar refractivity (Wildman–Crippen MR) is 45.5 cm³/mol. The molecule has 0 bridgehead atoms. The molecule has 0 aromatic carbocycles. The van der Waals surface area contributed by atoms with E-state index < -0.39 is 0 Å². The molecule has 0 radical (unpaired) electrons. The van der Waals surface area contributed by atoms with Crippen molar-refractivity contribution in [3.63, 3.8) is 0 Å². The largest absolute Gasteiger partial charge is 0.324 e. The Bertz CT molecular complexity index is 198. The van der Waals surface area contributed by atoms with Crippen molar-refractivity contribution in [1.82, 2.24) is 14.8 Å². The van der Waals surface area contributed by atoms with E-state index >= 15 is 0 Å². The first-order valence-electron chi connectivity index (χ1n) is 3.45. The first kappa shape index (κ1) is 10.4. The number of halogens is 1. The highest BCUT2D eigenvalue weighted by Gasteiger charge is 1.98. The normalized spacial score (nSPS) is 9.27. The fourth-order valence-corrected chi connectivity index (χ4v) is 0.845. The van der Waals surface area contributed by atoms with Crippen molar-refractivity contribution in [2.24, 2.45) is 5.73 Å². The van der Waals surface area contributed by atoms with Crippen molar-refractivity contribution in [1.29, 1.82) is 0 Å². The van der Waals surface area contributed by atoms with E-state index in [0.29, 0.717) is 6.54 Å². The number of nitrogens with zero attached hydrogens (tertiary/aromatic N) is 3. The van der Waals surface area contributed by atoms with Crippen LogP contribution in [0.3, 0.4) is 0 Å². The van der Waals surface area contributed by atoms with Gasteiger partial charge in [-0.15, -0.1) is 12.4 Å². The van der Waals surface area contributed by atoms with Gasteiger partial charge in [0.1, 0.15) is 12.2 Å². The van der Waals surface area contributed by atoms with Crippen LogP contribution in [-0.2, 0) is 13.1 Å². The number of aryl methyl sites for hydroxylation is 1. The molecule has 0 aliphatic rings. The van der Waals surface area contributed by atoms with Gasteiger partial charge in [0, 0.05) is 6.54 Å². The lowest BCUT2D eigenvalue weighted by atomic mass is 10.5. The van der Waals surface area contributed by atoms with Gasteiger partial charge in [-0.3, -0.25) is 0 Å². The molecule has 0 atom stereocenters. The van der Waals surface area contributed by atoms with E-state index in [1.54, 1.807) is 0 Å². The second kappa shape index (κ2) is 5.09. The summed E-state index contributed by atoms with van der Waals surface area (Å²) < 4.78 is 1.83. The monoisotopic (exact) mass is 176 g/mol. The molecule has 0 fully saturated rings. The van der Waals surface area contributed by atoms with Gasteiger partial charge in [-0.1, -0.05) is 6.92 Å². The second-order valence-electron chi connectivity index (χ2n) is 2.10. The summed E-state index contributed by atoms with van der Waals surface area (Å²) >= 11 is 0. The maximum Gasteiger partial charge on any atom is 0.140 e. The van der Waals surface area contributed by atoms with Crippen LogP contribution >= 0.6 is 12.4 Å². The van der Waals surface area contributed by atoms with E-state index in [4.69, 9.17) is 5.73 Å². The summed E-state index contributed by atoms with van der Waals surface area (Å²) in [7, 11) is 0. The maximum absolute atomic E-state index is 5.40. The number of rotatable bonds is 3. The zero-order chi connectivity index (χ0) is 7.40. The van der Waals surface area contributed by atoms with Gasteiger partial charge in [0.25, 0.3) is 0 Å². The first-order chi connectivity index (χ1) is 4.88. The quantitative estimate of drug-likeness (QED) is 0.733. The standard InChI is InChI=1S/C6H12N4.ClH/c1-2-3-10-6(4-7)8-5-9-10;/h5H,2-4,7H2,1H3;1H. The second-order valence-corrected chi connectivity index (χ2v) is 2.10. The summed E-state index contributed by atoms with van der Waals surface area (Å²) in [6.07, 6.45) is 2.61. The van der Waals surface area contributed by atoms with Crippen molar-refractivity contribution in [3.05, 3.63) is 12.2 Å². The Labute approximate surface area is 72.2 Å². The molecule has 4 nitrogen and oxygen atoms in total. The fourth-order valence-electron chi connectivity index (χ4n) is 0.845. The lowest BCUT2D eigenvalue weighted by molar-refractivity contribution is 0.570. The lowest BCUT2D eigenvalue weighted by Crippen LogP contribution is -2.09. The average molecular weight is 177 g/mol. The molecular formula is C6H13ClN4. The predicted octanol–water partition coefficient (Wildman–Crippen LogP) is 0.569. The lowest BCUT2D eigenvalue weighted by Gasteiger charge is -1.99. The van der Waals surface area contributed by atoms with Gasteiger partial charge in [-0.05, 0) is 6.42 Å². The van der Waals surface area contributed by atoms with Crippen LogP contribution in [0.25, 0.3) is 0 Å². The molecule has 2 N–H and O–H groups in total. The summed E-state index contributed by atoms with van der Waals surface area (Å²) in [6, 6.07) is 0. The van der Waals surface area contributed by atoms with Crippen LogP contribution < -0.4 is 5.73 Å². The molecule has 0 aliphatic carbocycles. The van der Waals surface area contributed by atoms with Crippen molar-refractivity contribution in [2.75, 3.05) is 0 Å². The van der Waals surface area contributed by atoms with Crippen molar-refractivity contribution in [2.45, 2.75) is 26.4 Å². The third kappa shape index (κ3) is 2.48. The Hall–Kier alpha value is -0.610. The van der Waals surface area contributed by atoms with Crippen LogP contribution in [0, 0.1) is 0 Å². The molecule has 11 heavy (non-hydrogen) atoms. The highest BCUT2D eigenvalue weighted by molar-refractivity contribution is 5.85. The number of nitrogens with two attached hydrogens (primary N) is 1. The third-order valence-electron chi connectivity index (χ3n) is 1.31. The molecule has 1 aromatic heterocycles. The number of aromatic nitrogens is 3. The zero-order valence-corrected chi connectivity index (χ0v) is 7.34. The minimum atomic E-state index is 0. The Morgan fingerprint density at radius 1 is 1.64 bits per heavy atom. The van der Waals surface area contributed by atoms with Crippen LogP contribution in [0.5, 0.6) is 0 Å². The van der Waals surface area contributed by atoms with Crippen LogP contribution in [0.2, 0.25) is 0 Å². The Balaban J connectivity index is 0.000001000. The third-order valence-corrected chi connectivity index (χ3v) is 1.31. The van der Waals surface area contributed by atoms with Gasteiger partial charge in [-0.25, -0.2) is 9.67 Å². The SMILES string of the molecule is CCCn1ncnc1CN.Cl. The molecule has 0 saturated carbocycles. The van der Waals surface area contributed by atoms with Crippen LogP contribution in [0.4, 0.5) is 0 Å². The number of hydrogen-bond acceptors (Lipinski definition) is 3. The summed E-state index contributed by atoms with van der Waals surface area (Å²) in [5, 5.41) is 4.00. The van der Waals surface area contributed by atoms with Crippen molar-refractivity contribution in [3.8, 4) is 0 Å². The van der Waals surface area contributed by atoms with Gasteiger partial charge in [0.2, 0.25) is 0 Å². The van der Waals surface area contributed by atoms with Crippen molar-refractivity contribution >= 4 is 12.4 Å². The Morgan fingerprint density at radius 2 is 2.36 bits per heavy atom. The Morgan fingerprint density at radius 3 is 2.91 bits per heavy atom. The minimum absolute atomic E-state index is 0. The Kier molecular flexibility index (Phi) is 4.81. The van der Waals surface area contributed by atoms with Gasteiger partial charge < -0.3 is 5.73 Å². The molecule has 0 saturated heterocycles. The summed E-state index contributed by atoms with van der Waals surface area (Å²) in [4.78, 5) is 3.98. The molecular weight excluding hydrogens is 164 g/mol. The van der Waals surface area contributed by atoms with Crippen LogP contribution in [0.15, 0.2) is 6.33 Å². The van der Waals surface area contributed by atoms with Gasteiger partial charge >= 0.3 is 0 Å². The molecule has 1 rings (SSSR count). The van der Waals surface area contributed by atoms with Gasteiger partial charge in [-0.2, -0.15) is 5.10 Å². The first-order valence-corrected chi connectivity index (χ1v) is 3.45. The van der Waals surface area contributed by atoms with E-state index in [9.17, 15) is 0 Å². The molecule has 5 heteroatoms. The van der Waals surface area contributed by atoms with E-state index in [2.05, 4.69) is 17.0 Å². The fraction of sp³-hybridized carbons (Fsp3) is 0.667. The molecule has 0 amide bonds. The van der Waals surface area contributed by atoms with E-state index in [-0.39, 0.29) is 12.4 Å². The minimum Gasteiger partial charge on any atom is -0.324 e. The van der Waals surface area contributed by atoms with Gasteiger partial charge in [0.15, 0.2) is 0 Å². The summed E-state index contributed by atoms with van der Waals surface area (Å²) in [5.74, 6) is 0.863. The van der Waals surface area contributed by atoms with E-state index in [1.165, 1.54) is 6.33 Å². The molecule has 1 heterocycles. The van der Waals surface area contributed by atoms with Crippen LogP contribution in [0.1, 0.15) is 19.2 Å². The van der Waals surface area contributed by atoms with E-state index in [0.717, 1.165) is 18.8 Å². The molecule has 0 spiro atoms. The average Bonchev–Trinajstić information content (AvgIpc) is 2.36. The van der Waals surface area contributed by atoms with Crippen molar-refractivity contribution < 1.29 is 0 Å². The smallest absolute Gasteiger partial charge is 0.140 e. The maximum atomic E-state index is 5.40. The van der Waals surface area contributed by atoms with E-state index in [1.807, 2.05) is 4.68 Å². The highest BCUT2D eigenvalue weighted by atomic mass is 35.5. The summed E-state index contributed by atoms with van der Waals surface area (Å²) in [5.41, 5.74) is 5.40. The van der Waals surface area contributed by atoms with Gasteiger partial charge in [0.05, 0.1) is 6.54 Å². The highest BCUT2D eigenvalue weighted by Crippen LogP contribution is 1.93. The van der Waals surface area contributed by atoms with Crippen LogP contribution in [-0.4, -0.2) is 14.8 Å². The molecule has 1 aromatic rings.